The molecule has 0 atom stereocenters. The van der Waals surface area contributed by atoms with Gasteiger partial charge in [-0.25, -0.2) is 9.78 Å². The summed E-state index contributed by atoms with van der Waals surface area (Å²) in [5.74, 6) is -0.176. The molecule has 0 fully saturated rings. The number of halogens is 3. The van der Waals surface area contributed by atoms with Crippen LogP contribution in [0.25, 0.3) is 0 Å². The number of alkyl halides is 3. The van der Waals surface area contributed by atoms with Crippen molar-refractivity contribution in [2.45, 2.75) is 19.6 Å². The number of ether oxygens (including phenoxy) is 1. The van der Waals surface area contributed by atoms with E-state index in [-0.39, 0.29) is 25.6 Å². The van der Waals surface area contributed by atoms with Gasteiger partial charge >= 0.3 is 12.2 Å². The molecule has 0 unspecified atom stereocenters. The second-order valence-corrected chi connectivity index (χ2v) is 4.33. The van der Waals surface area contributed by atoms with Crippen molar-refractivity contribution in [1.29, 1.82) is 0 Å². The fraction of sp³-hybridized carbons (Fsp3) is 0.538. The smallest absolute Gasteiger partial charge is 0.422 e. The molecular formula is C13H18F3N3O3. The summed E-state index contributed by atoms with van der Waals surface area (Å²) in [5.41, 5.74) is 0.333. The molecule has 6 nitrogen and oxygen atoms in total. The number of aliphatic hydroxyl groups is 1. The zero-order valence-corrected chi connectivity index (χ0v) is 12.1. The van der Waals surface area contributed by atoms with Crippen molar-refractivity contribution < 1.29 is 27.8 Å². The van der Waals surface area contributed by atoms with Gasteiger partial charge in [0.25, 0.3) is 0 Å². The highest BCUT2D eigenvalue weighted by Crippen LogP contribution is 2.19. The molecule has 0 aliphatic rings. The van der Waals surface area contributed by atoms with Gasteiger partial charge in [0, 0.05) is 31.4 Å². The van der Waals surface area contributed by atoms with Crippen molar-refractivity contribution >= 4 is 6.03 Å². The SMILES string of the molecule is CCN(CCO)C(=O)NCc1cccnc1OCC(F)(F)F. The average molecular weight is 321 g/mol. The van der Waals surface area contributed by atoms with E-state index in [1.807, 2.05) is 0 Å². The monoisotopic (exact) mass is 321 g/mol. The van der Waals surface area contributed by atoms with Crippen LogP contribution in [0.2, 0.25) is 0 Å². The molecule has 2 N–H and O–H groups in total. The number of hydrogen-bond acceptors (Lipinski definition) is 4. The Bertz CT molecular complexity index is 483. The standard InChI is InChI=1S/C13H18F3N3O3/c1-2-19(6-7-20)12(21)18-8-10-4-3-5-17-11(10)22-9-13(14,15)16/h3-5,20H,2,6-9H2,1H3,(H,18,21). The molecule has 2 amide bonds. The first-order chi connectivity index (χ1) is 10.4. The lowest BCUT2D eigenvalue weighted by Gasteiger charge is -2.20. The Morgan fingerprint density at radius 3 is 2.82 bits per heavy atom. The topological polar surface area (TPSA) is 74.7 Å². The van der Waals surface area contributed by atoms with Crippen molar-refractivity contribution in [2.24, 2.45) is 0 Å². The van der Waals surface area contributed by atoms with Gasteiger partial charge in [0.15, 0.2) is 6.61 Å². The van der Waals surface area contributed by atoms with Gasteiger partial charge in [0.2, 0.25) is 5.88 Å². The molecule has 0 aliphatic carbocycles. The van der Waals surface area contributed by atoms with Gasteiger partial charge in [-0.15, -0.1) is 0 Å². The highest BCUT2D eigenvalue weighted by Gasteiger charge is 2.29. The summed E-state index contributed by atoms with van der Waals surface area (Å²) in [4.78, 5) is 16.9. The molecule has 124 valence electrons. The maximum Gasteiger partial charge on any atom is 0.422 e. The number of aromatic nitrogens is 1. The first kappa shape index (κ1) is 18.0. The zero-order chi connectivity index (χ0) is 16.6. The molecule has 1 aromatic heterocycles. The van der Waals surface area contributed by atoms with Crippen LogP contribution in [0.15, 0.2) is 18.3 Å². The number of likely N-dealkylation sites (N-methyl/N-ethyl adjacent to an activating group) is 1. The van der Waals surface area contributed by atoms with Crippen LogP contribution in [0.4, 0.5) is 18.0 Å². The summed E-state index contributed by atoms with van der Waals surface area (Å²) in [6.45, 7) is 0.674. The molecule has 9 heteroatoms. The number of urea groups is 1. The fourth-order valence-corrected chi connectivity index (χ4v) is 1.65. The van der Waals surface area contributed by atoms with Crippen molar-refractivity contribution in [2.75, 3.05) is 26.3 Å². The lowest BCUT2D eigenvalue weighted by atomic mass is 10.2. The summed E-state index contributed by atoms with van der Waals surface area (Å²) >= 11 is 0. The molecular weight excluding hydrogens is 303 g/mol. The molecule has 0 aromatic carbocycles. The molecule has 0 bridgehead atoms. The summed E-state index contributed by atoms with van der Waals surface area (Å²) in [6, 6.07) is 2.62. The zero-order valence-electron chi connectivity index (χ0n) is 12.1. The van der Waals surface area contributed by atoms with Crippen molar-refractivity contribution in [3.63, 3.8) is 0 Å². The third kappa shape index (κ3) is 6.17. The van der Waals surface area contributed by atoms with Crippen LogP contribution < -0.4 is 10.1 Å². The Labute approximate surface area is 125 Å². The van der Waals surface area contributed by atoms with E-state index in [0.717, 1.165) is 0 Å². The van der Waals surface area contributed by atoms with E-state index >= 15 is 0 Å². The Morgan fingerprint density at radius 2 is 2.23 bits per heavy atom. The number of carbonyl (C=O) groups excluding carboxylic acids is 1. The van der Waals surface area contributed by atoms with Crippen LogP contribution in [-0.4, -0.2) is 53.5 Å². The minimum atomic E-state index is -4.46. The number of aliphatic hydroxyl groups excluding tert-OH is 1. The first-order valence-electron chi connectivity index (χ1n) is 6.64. The quantitative estimate of drug-likeness (QED) is 0.799. The number of rotatable bonds is 7. The van der Waals surface area contributed by atoms with Gasteiger partial charge in [-0.2, -0.15) is 13.2 Å². The third-order valence-electron chi connectivity index (χ3n) is 2.69. The van der Waals surface area contributed by atoms with E-state index in [0.29, 0.717) is 12.1 Å². The molecule has 1 heterocycles. The van der Waals surface area contributed by atoms with Crippen molar-refractivity contribution in [3.8, 4) is 5.88 Å². The highest BCUT2D eigenvalue weighted by molar-refractivity contribution is 5.74. The summed E-state index contributed by atoms with van der Waals surface area (Å²) < 4.78 is 41.1. The maximum absolute atomic E-state index is 12.2. The predicted molar refractivity (Wildman–Crippen MR) is 72.4 cm³/mol. The molecule has 0 saturated heterocycles. The van der Waals surface area contributed by atoms with E-state index in [1.54, 1.807) is 6.92 Å². The second kappa shape index (κ2) is 8.42. The van der Waals surface area contributed by atoms with Crippen LogP contribution in [0.5, 0.6) is 5.88 Å². The Hall–Kier alpha value is -2.03. The van der Waals surface area contributed by atoms with E-state index in [9.17, 15) is 18.0 Å². The number of pyridine rings is 1. The predicted octanol–water partition coefficient (Wildman–Crippen LogP) is 1.55. The number of nitrogens with zero attached hydrogens (tertiary/aromatic N) is 2. The number of amides is 2. The van der Waals surface area contributed by atoms with Gasteiger partial charge in [-0.3, -0.25) is 0 Å². The minimum Gasteiger partial charge on any atom is -0.468 e. The molecule has 0 spiro atoms. The summed E-state index contributed by atoms with van der Waals surface area (Å²) in [6.07, 6.45) is -3.15. The van der Waals surface area contributed by atoms with Gasteiger partial charge in [-0.1, -0.05) is 6.07 Å². The lowest BCUT2D eigenvalue weighted by molar-refractivity contribution is -0.154. The van der Waals surface area contributed by atoms with E-state index in [4.69, 9.17) is 5.11 Å². The minimum absolute atomic E-state index is 0.0260. The summed E-state index contributed by atoms with van der Waals surface area (Å²) in [7, 11) is 0. The second-order valence-electron chi connectivity index (χ2n) is 4.33. The Balaban J connectivity index is 2.64. The van der Waals surface area contributed by atoms with E-state index in [2.05, 4.69) is 15.0 Å². The third-order valence-corrected chi connectivity index (χ3v) is 2.69. The number of carbonyl (C=O) groups is 1. The largest absolute Gasteiger partial charge is 0.468 e. The molecule has 0 radical (unpaired) electrons. The summed E-state index contributed by atoms with van der Waals surface area (Å²) in [5, 5.41) is 11.4. The van der Waals surface area contributed by atoms with Gasteiger partial charge in [0.05, 0.1) is 6.61 Å². The number of hydrogen-bond donors (Lipinski definition) is 2. The van der Waals surface area contributed by atoms with Crippen LogP contribution in [-0.2, 0) is 6.54 Å². The van der Waals surface area contributed by atoms with E-state index in [1.165, 1.54) is 23.2 Å². The van der Waals surface area contributed by atoms with E-state index < -0.39 is 18.8 Å². The molecule has 0 saturated carbocycles. The van der Waals surface area contributed by atoms with Crippen molar-refractivity contribution in [3.05, 3.63) is 23.9 Å². The average Bonchev–Trinajstić information content (AvgIpc) is 2.48. The van der Waals surface area contributed by atoms with Crippen LogP contribution in [0.3, 0.4) is 0 Å². The Kier molecular flexibility index (Phi) is 6.90. The first-order valence-corrected chi connectivity index (χ1v) is 6.64. The Morgan fingerprint density at radius 1 is 1.50 bits per heavy atom. The normalized spacial score (nSPS) is 11.1. The lowest BCUT2D eigenvalue weighted by Crippen LogP contribution is -2.41. The number of nitrogens with one attached hydrogen (secondary N) is 1. The van der Waals surface area contributed by atoms with Crippen LogP contribution in [0, 0.1) is 0 Å². The molecule has 1 aromatic rings. The molecule has 0 aliphatic heterocycles. The fourth-order valence-electron chi connectivity index (χ4n) is 1.65. The van der Waals surface area contributed by atoms with Gasteiger partial charge in [0.1, 0.15) is 0 Å². The van der Waals surface area contributed by atoms with Crippen molar-refractivity contribution in [1.82, 2.24) is 15.2 Å². The highest BCUT2D eigenvalue weighted by atomic mass is 19.4. The maximum atomic E-state index is 12.2. The van der Waals surface area contributed by atoms with Gasteiger partial charge < -0.3 is 20.1 Å². The van der Waals surface area contributed by atoms with Crippen LogP contribution in [0.1, 0.15) is 12.5 Å². The van der Waals surface area contributed by atoms with Crippen LogP contribution >= 0.6 is 0 Å². The molecule has 22 heavy (non-hydrogen) atoms. The molecule has 1 rings (SSSR count). The van der Waals surface area contributed by atoms with Gasteiger partial charge in [-0.05, 0) is 13.0 Å².